The van der Waals surface area contributed by atoms with E-state index in [1.54, 1.807) is 6.07 Å². The lowest BCUT2D eigenvalue weighted by Gasteiger charge is -2.20. The van der Waals surface area contributed by atoms with Crippen molar-refractivity contribution >= 4 is 44.8 Å². The van der Waals surface area contributed by atoms with Crippen molar-refractivity contribution in [3.8, 4) is 0 Å². The van der Waals surface area contributed by atoms with E-state index >= 15 is 0 Å². The van der Waals surface area contributed by atoms with Gasteiger partial charge in [-0.05, 0) is 55.8 Å². The second-order valence-electron chi connectivity index (χ2n) is 5.87. The maximum atomic E-state index is 12.7. The van der Waals surface area contributed by atoms with E-state index in [4.69, 9.17) is 23.2 Å². The SMILES string of the molecule is CC[C@@H](C)NC(=O)c1ccc(N(C)S(=O)(=O)c2ccc(Cl)cc2)cc1Cl. The number of carbonyl (C=O) groups is 1. The Morgan fingerprint density at radius 3 is 2.31 bits per heavy atom. The van der Waals surface area contributed by atoms with E-state index in [2.05, 4.69) is 5.32 Å². The third-order valence-corrected chi connectivity index (χ3v) is 6.39. The first-order chi connectivity index (χ1) is 12.2. The first kappa shape index (κ1) is 20.6. The molecule has 0 unspecified atom stereocenters. The van der Waals surface area contributed by atoms with Crippen LogP contribution >= 0.6 is 23.2 Å². The number of hydrogen-bond acceptors (Lipinski definition) is 3. The number of amides is 1. The van der Waals surface area contributed by atoms with Gasteiger partial charge >= 0.3 is 0 Å². The molecule has 0 aliphatic carbocycles. The Hall–Kier alpha value is -1.76. The van der Waals surface area contributed by atoms with Gasteiger partial charge in [-0.3, -0.25) is 9.10 Å². The predicted octanol–water partition coefficient (Wildman–Crippen LogP) is 4.35. The molecule has 0 radical (unpaired) electrons. The van der Waals surface area contributed by atoms with E-state index in [1.165, 1.54) is 43.4 Å². The molecule has 1 atom stereocenters. The molecule has 0 aliphatic rings. The molecule has 0 heterocycles. The standard InChI is InChI=1S/C18H20Cl2N2O3S/c1-4-12(2)21-18(23)16-10-7-14(11-17(16)20)22(3)26(24,25)15-8-5-13(19)6-9-15/h5-12H,4H2,1-3H3,(H,21,23)/t12-/m1/s1. The largest absolute Gasteiger partial charge is 0.350 e. The summed E-state index contributed by atoms with van der Waals surface area (Å²) >= 11 is 12.0. The minimum Gasteiger partial charge on any atom is -0.350 e. The topological polar surface area (TPSA) is 66.5 Å². The summed E-state index contributed by atoms with van der Waals surface area (Å²) in [5, 5.41) is 3.46. The first-order valence-corrected chi connectivity index (χ1v) is 10.2. The van der Waals surface area contributed by atoms with Crippen LogP contribution in [0.3, 0.4) is 0 Å². The maximum Gasteiger partial charge on any atom is 0.264 e. The van der Waals surface area contributed by atoms with Gasteiger partial charge in [0.15, 0.2) is 0 Å². The van der Waals surface area contributed by atoms with Crippen LogP contribution in [0, 0.1) is 0 Å². The zero-order chi connectivity index (χ0) is 19.5. The fourth-order valence-corrected chi connectivity index (χ4v) is 3.77. The Labute approximate surface area is 164 Å². The highest BCUT2D eigenvalue weighted by Gasteiger charge is 2.22. The summed E-state index contributed by atoms with van der Waals surface area (Å²) in [6, 6.07) is 10.4. The number of hydrogen-bond donors (Lipinski definition) is 1. The van der Waals surface area contributed by atoms with Crippen LogP contribution in [0.15, 0.2) is 47.4 Å². The van der Waals surface area contributed by atoms with Crippen LogP contribution in [0.5, 0.6) is 0 Å². The van der Waals surface area contributed by atoms with E-state index in [0.29, 0.717) is 16.3 Å². The summed E-state index contributed by atoms with van der Waals surface area (Å²) < 4.78 is 26.5. The number of nitrogens with one attached hydrogen (secondary N) is 1. The second-order valence-corrected chi connectivity index (χ2v) is 8.69. The Balaban J connectivity index is 2.30. The van der Waals surface area contributed by atoms with Crippen molar-refractivity contribution in [1.82, 2.24) is 5.32 Å². The molecular formula is C18H20Cl2N2O3S. The fourth-order valence-electron chi connectivity index (χ4n) is 2.19. The lowest BCUT2D eigenvalue weighted by atomic mass is 10.1. The Bertz CT molecular complexity index is 899. The van der Waals surface area contributed by atoms with Gasteiger partial charge in [-0.2, -0.15) is 0 Å². The Morgan fingerprint density at radius 2 is 1.77 bits per heavy atom. The lowest BCUT2D eigenvalue weighted by Crippen LogP contribution is -2.32. The monoisotopic (exact) mass is 414 g/mol. The van der Waals surface area contributed by atoms with Crippen molar-refractivity contribution in [1.29, 1.82) is 0 Å². The summed E-state index contributed by atoms with van der Waals surface area (Å²) in [6.07, 6.45) is 0.795. The van der Waals surface area contributed by atoms with Crippen LogP contribution in [-0.4, -0.2) is 27.4 Å². The van der Waals surface area contributed by atoms with Gasteiger partial charge in [0.25, 0.3) is 15.9 Å². The van der Waals surface area contributed by atoms with Gasteiger partial charge in [-0.25, -0.2) is 8.42 Å². The summed E-state index contributed by atoms with van der Waals surface area (Å²) in [4.78, 5) is 12.3. The highest BCUT2D eigenvalue weighted by molar-refractivity contribution is 7.92. The molecule has 2 aromatic rings. The van der Waals surface area contributed by atoms with Crippen molar-refractivity contribution in [2.24, 2.45) is 0 Å². The molecule has 0 spiro atoms. The van der Waals surface area contributed by atoms with Gasteiger partial charge in [-0.15, -0.1) is 0 Å². The molecule has 0 aliphatic heterocycles. The fraction of sp³-hybridized carbons (Fsp3) is 0.278. The number of anilines is 1. The van der Waals surface area contributed by atoms with Gasteiger partial charge in [0.05, 0.1) is 21.2 Å². The summed E-state index contributed by atoms with van der Waals surface area (Å²) in [6.45, 7) is 3.86. The Kier molecular flexibility index (Phi) is 6.55. The number of carbonyl (C=O) groups excluding carboxylic acids is 1. The van der Waals surface area contributed by atoms with Crippen molar-refractivity contribution in [2.45, 2.75) is 31.2 Å². The molecule has 1 N–H and O–H groups in total. The normalized spacial score (nSPS) is 12.5. The van der Waals surface area contributed by atoms with Gasteiger partial charge in [0, 0.05) is 18.1 Å². The van der Waals surface area contributed by atoms with E-state index in [9.17, 15) is 13.2 Å². The molecule has 0 aromatic heterocycles. The van der Waals surface area contributed by atoms with Gasteiger partial charge < -0.3 is 5.32 Å². The highest BCUT2D eigenvalue weighted by atomic mass is 35.5. The van der Waals surface area contributed by atoms with Gasteiger partial charge in [0.2, 0.25) is 0 Å². The average molecular weight is 415 g/mol. The molecule has 2 aromatic carbocycles. The summed E-state index contributed by atoms with van der Waals surface area (Å²) in [5.74, 6) is -0.292. The Morgan fingerprint density at radius 1 is 1.15 bits per heavy atom. The van der Waals surface area contributed by atoms with Crippen LogP contribution < -0.4 is 9.62 Å². The van der Waals surface area contributed by atoms with Crippen LogP contribution in [0.4, 0.5) is 5.69 Å². The summed E-state index contributed by atoms with van der Waals surface area (Å²) in [7, 11) is -2.34. The lowest BCUT2D eigenvalue weighted by molar-refractivity contribution is 0.0939. The van der Waals surface area contributed by atoms with E-state index < -0.39 is 10.0 Å². The smallest absolute Gasteiger partial charge is 0.264 e. The molecule has 26 heavy (non-hydrogen) atoms. The maximum absolute atomic E-state index is 12.7. The molecule has 2 rings (SSSR count). The van der Waals surface area contributed by atoms with Gasteiger partial charge in [0.1, 0.15) is 0 Å². The number of halogens is 2. The zero-order valence-electron chi connectivity index (χ0n) is 14.7. The average Bonchev–Trinajstić information content (AvgIpc) is 2.60. The van der Waals surface area contributed by atoms with Crippen molar-refractivity contribution < 1.29 is 13.2 Å². The predicted molar refractivity (Wildman–Crippen MR) is 106 cm³/mol. The van der Waals surface area contributed by atoms with Crippen LogP contribution in [0.1, 0.15) is 30.6 Å². The van der Waals surface area contributed by atoms with Crippen LogP contribution in [-0.2, 0) is 10.0 Å². The quantitative estimate of drug-likeness (QED) is 0.763. The zero-order valence-corrected chi connectivity index (χ0v) is 17.0. The molecule has 140 valence electrons. The minimum absolute atomic E-state index is 0.0196. The van der Waals surface area contributed by atoms with Gasteiger partial charge in [-0.1, -0.05) is 30.1 Å². The first-order valence-electron chi connectivity index (χ1n) is 8.01. The molecule has 0 saturated carbocycles. The van der Waals surface area contributed by atoms with Crippen molar-refractivity contribution in [3.63, 3.8) is 0 Å². The molecular weight excluding hydrogens is 395 g/mol. The van der Waals surface area contributed by atoms with Crippen LogP contribution in [0.25, 0.3) is 0 Å². The third kappa shape index (κ3) is 4.50. The summed E-state index contributed by atoms with van der Waals surface area (Å²) in [5.41, 5.74) is 0.651. The molecule has 0 bridgehead atoms. The molecule has 0 fully saturated rings. The molecule has 5 nitrogen and oxygen atoms in total. The third-order valence-electron chi connectivity index (χ3n) is 4.02. The highest BCUT2D eigenvalue weighted by Crippen LogP contribution is 2.27. The molecule has 1 amide bonds. The van der Waals surface area contributed by atoms with E-state index in [1.807, 2.05) is 13.8 Å². The number of nitrogens with zero attached hydrogens (tertiary/aromatic N) is 1. The van der Waals surface area contributed by atoms with E-state index in [0.717, 1.165) is 10.7 Å². The molecule has 8 heteroatoms. The van der Waals surface area contributed by atoms with E-state index in [-0.39, 0.29) is 21.9 Å². The molecule has 0 saturated heterocycles. The van der Waals surface area contributed by atoms with Crippen LogP contribution in [0.2, 0.25) is 10.0 Å². The second kappa shape index (κ2) is 8.29. The van der Waals surface area contributed by atoms with Crippen molar-refractivity contribution in [2.75, 3.05) is 11.4 Å². The minimum atomic E-state index is -3.77. The number of sulfonamides is 1. The number of rotatable bonds is 6. The van der Waals surface area contributed by atoms with Crippen molar-refractivity contribution in [3.05, 3.63) is 58.1 Å². The number of benzene rings is 2.